The Balaban J connectivity index is 2.00. The third-order valence-corrected chi connectivity index (χ3v) is 4.45. The Morgan fingerprint density at radius 3 is 2.62 bits per heavy atom. The van der Waals surface area contributed by atoms with Crippen LogP contribution in [0.15, 0.2) is 18.2 Å². The molecule has 1 saturated carbocycles. The van der Waals surface area contributed by atoms with Gasteiger partial charge in [-0.05, 0) is 30.4 Å². The van der Waals surface area contributed by atoms with Gasteiger partial charge in [0.1, 0.15) is 5.02 Å². The van der Waals surface area contributed by atoms with Gasteiger partial charge in [-0.3, -0.25) is 14.9 Å². The molecular formula is C15H19ClN2O3. The number of carbonyl (C=O) groups excluding carboxylic acids is 1. The molecule has 1 aliphatic rings. The number of nitro benzene ring substituents is 1. The molecule has 0 radical (unpaired) electrons. The van der Waals surface area contributed by atoms with Gasteiger partial charge < -0.3 is 5.32 Å². The van der Waals surface area contributed by atoms with Gasteiger partial charge in [0.05, 0.1) is 4.92 Å². The highest BCUT2D eigenvalue weighted by molar-refractivity contribution is 6.33. The first kappa shape index (κ1) is 15.8. The highest BCUT2D eigenvalue weighted by Gasteiger charge is 2.27. The van der Waals surface area contributed by atoms with E-state index in [0.29, 0.717) is 12.1 Å². The first-order valence-electron chi connectivity index (χ1n) is 7.13. The van der Waals surface area contributed by atoms with Crippen molar-refractivity contribution in [3.8, 4) is 0 Å². The van der Waals surface area contributed by atoms with E-state index >= 15 is 0 Å². The van der Waals surface area contributed by atoms with Crippen molar-refractivity contribution in [1.29, 1.82) is 0 Å². The highest BCUT2D eigenvalue weighted by Crippen LogP contribution is 2.35. The lowest BCUT2D eigenvalue weighted by atomic mass is 9.76. The summed E-state index contributed by atoms with van der Waals surface area (Å²) >= 11 is 5.82. The van der Waals surface area contributed by atoms with Crippen LogP contribution < -0.4 is 5.32 Å². The van der Waals surface area contributed by atoms with Crippen molar-refractivity contribution in [3.63, 3.8) is 0 Å². The molecule has 0 atom stereocenters. The summed E-state index contributed by atoms with van der Waals surface area (Å²) in [6.07, 6.45) is 5.91. The molecule has 2 rings (SSSR count). The van der Waals surface area contributed by atoms with Gasteiger partial charge in [0.25, 0.3) is 11.6 Å². The molecule has 0 aliphatic heterocycles. The SMILES string of the molecule is CC1(CNC(=O)c2ccc([N+](=O)[O-])c(Cl)c2)CCCCC1. The maximum atomic E-state index is 12.1. The summed E-state index contributed by atoms with van der Waals surface area (Å²) in [7, 11) is 0. The van der Waals surface area contributed by atoms with Gasteiger partial charge in [-0.25, -0.2) is 0 Å². The van der Waals surface area contributed by atoms with Gasteiger partial charge in [-0.1, -0.05) is 37.8 Å². The Morgan fingerprint density at radius 2 is 2.05 bits per heavy atom. The van der Waals surface area contributed by atoms with Gasteiger partial charge in [-0.15, -0.1) is 0 Å². The first-order valence-corrected chi connectivity index (χ1v) is 7.51. The fourth-order valence-electron chi connectivity index (χ4n) is 2.77. The predicted octanol–water partition coefficient (Wildman–Crippen LogP) is 3.95. The van der Waals surface area contributed by atoms with Gasteiger partial charge in [-0.2, -0.15) is 0 Å². The van der Waals surface area contributed by atoms with Crippen LogP contribution in [-0.4, -0.2) is 17.4 Å². The maximum Gasteiger partial charge on any atom is 0.287 e. The predicted molar refractivity (Wildman–Crippen MR) is 81.6 cm³/mol. The smallest absolute Gasteiger partial charge is 0.287 e. The van der Waals surface area contributed by atoms with E-state index in [9.17, 15) is 14.9 Å². The second-order valence-corrected chi connectivity index (χ2v) is 6.38. The van der Waals surface area contributed by atoms with Crippen LogP contribution in [0.2, 0.25) is 5.02 Å². The molecule has 1 fully saturated rings. The lowest BCUT2D eigenvalue weighted by Gasteiger charge is -2.33. The maximum absolute atomic E-state index is 12.1. The Kier molecular flexibility index (Phi) is 4.83. The number of hydrogen-bond acceptors (Lipinski definition) is 3. The number of nitro groups is 1. The molecule has 0 heterocycles. The van der Waals surface area contributed by atoms with E-state index < -0.39 is 4.92 Å². The monoisotopic (exact) mass is 310 g/mol. The van der Waals surface area contributed by atoms with E-state index in [-0.39, 0.29) is 22.0 Å². The number of halogens is 1. The van der Waals surface area contributed by atoms with Crippen LogP contribution in [0.5, 0.6) is 0 Å². The molecule has 0 unspecified atom stereocenters. The number of hydrogen-bond donors (Lipinski definition) is 1. The molecule has 1 aliphatic carbocycles. The minimum Gasteiger partial charge on any atom is -0.351 e. The van der Waals surface area contributed by atoms with Crippen molar-refractivity contribution in [2.75, 3.05) is 6.54 Å². The van der Waals surface area contributed by atoms with E-state index in [1.807, 2.05) is 0 Å². The van der Waals surface area contributed by atoms with Crippen LogP contribution in [0.1, 0.15) is 49.4 Å². The van der Waals surface area contributed by atoms with E-state index in [4.69, 9.17) is 11.6 Å². The normalized spacial score (nSPS) is 17.2. The van der Waals surface area contributed by atoms with E-state index in [1.54, 1.807) is 0 Å². The molecule has 0 spiro atoms. The standard InChI is InChI=1S/C15H19ClN2O3/c1-15(7-3-2-4-8-15)10-17-14(19)11-5-6-13(18(20)21)12(16)9-11/h5-6,9H,2-4,7-8,10H2,1H3,(H,17,19). The average Bonchev–Trinajstić information content (AvgIpc) is 2.45. The fraction of sp³-hybridized carbons (Fsp3) is 0.533. The molecule has 0 saturated heterocycles. The zero-order chi connectivity index (χ0) is 15.5. The molecule has 6 heteroatoms. The van der Waals surface area contributed by atoms with Crippen LogP contribution in [0.25, 0.3) is 0 Å². The fourth-order valence-corrected chi connectivity index (χ4v) is 3.02. The molecule has 21 heavy (non-hydrogen) atoms. The summed E-state index contributed by atoms with van der Waals surface area (Å²) in [5.41, 5.74) is 0.316. The van der Waals surface area contributed by atoms with Crippen LogP contribution in [0.4, 0.5) is 5.69 Å². The van der Waals surface area contributed by atoms with E-state index in [1.165, 1.54) is 37.5 Å². The van der Waals surface area contributed by atoms with Crippen molar-refractivity contribution < 1.29 is 9.72 Å². The lowest BCUT2D eigenvalue weighted by Crippen LogP contribution is -2.37. The van der Waals surface area contributed by atoms with E-state index in [0.717, 1.165) is 12.8 Å². The summed E-state index contributed by atoms with van der Waals surface area (Å²) in [5, 5.41) is 13.6. The number of rotatable bonds is 4. The van der Waals surface area contributed by atoms with Crippen molar-refractivity contribution >= 4 is 23.2 Å². The molecule has 0 aromatic heterocycles. The summed E-state index contributed by atoms with van der Waals surface area (Å²) in [4.78, 5) is 22.3. The Labute approximate surface area is 128 Å². The topological polar surface area (TPSA) is 72.2 Å². The second-order valence-electron chi connectivity index (χ2n) is 5.98. The van der Waals surface area contributed by atoms with E-state index in [2.05, 4.69) is 12.2 Å². The molecule has 5 nitrogen and oxygen atoms in total. The molecule has 1 aromatic carbocycles. The first-order chi connectivity index (χ1) is 9.91. The van der Waals surface area contributed by atoms with Gasteiger partial charge in [0, 0.05) is 18.2 Å². The molecule has 0 bridgehead atoms. The Hall–Kier alpha value is -1.62. The summed E-state index contributed by atoms with van der Waals surface area (Å²) < 4.78 is 0. The van der Waals surface area contributed by atoms with Crippen molar-refractivity contribution in [2.24, 2.45) is 5.41 Å². The number of nitrogens with zero attached hydrogens (tertiary/aromatic N) is 1. The largest absolute Gasteiger partial charge is 0.351 e. The molecule has 1 amide bonds. The van der Waals surface area contributed by atoms with Gasteiger partial charge in [0.15, 0.2) is 0 Å². The van der Waals surface area contributed by atoms with Gasteiger partial charge >= 0.3 is 0 Å². The van der Waals surface area contributed by atoms with Crippen LogP contribution in [-0.2, 0) is 0 Å². The molecule has 1 aromatic rings. The third-order valence-electron chi connectivity index (χ3n) is 4.14. The second kappa shape index (κ2) is 6.43. The minimum absolute atomic E-state index is 0.0171. The van der Waals surface area contributed by atoms with Gasteiger partial charge in [0.2, 0.25) is 0 Å². The van der Waals surface area contributed by atoms with Crippen molar-refractivity contribution in [2.45, 2.75) is 39.0 Å². The number of nitrogens with one attached hydrogen (secondary N) is 1. The Morgan fingerprint density at radius 1 is 1.38 bits per heavy atom. The number of carbonyl (C=O) groups is 1. The van der Waals surface area contributed by atoms with Crippen molar-refractivity contribution in [1.82, 2.24) is 5.32 Å². The highest BCUT2D eigenvalue weighted by atomic mass is 35.5. The minimum atomic E-state index is -0.562. The molecule has 114 valence electrons. The number of amides is 1. The summed E-state index contributed by atoms with van der Waals surface area (Å²) in [6, 6.07) is 4.04. The van der Waals surface area contributed by atoms with Crippen LogP contribution in [0, 0.1) is 15.5 Å². The summed E-state index contributed by atoms with van der Waals surface area (Å²) in [6.45, 7) is 2.82. The lowest BCUT2D eigenvalue weighted by molar-refractivity contribution is -0.384. The van der Waals surface area contributed by atoms with Crippen LogP contribution in [0.3, 0.4) is 0 Å². The quantitative estimate of drug-likeness (QED) is 0.676. The molecule has 1 N–H and O–H groups in total. The third kappa shape index (κ3) is 3.94. The zero-order valence-corrected chi connectivity index (χ0v) is 12.8. The Bertz CT molecular complexity index is 554. The van der Waals surface area contributed by atoms with Crippen LogP contribution >= 0.6 is 11.6 Å². The van der Waals surface area contributed by atoms with Crippen molar-refractivity contribution in [3.05, 3.63) is 38.9 Å². The zero-order valence-electron chi connectivity index (χ0n) is 12.0. The average molecular weight is 311 g/mol. The molecular weight excluding hydrogens is 292 g/mol. The summed E-state index contributed by atoms with van der Waals surface area (Å²) in [5.74, 6) is -0.237. The number of benzene rings is 1.